The molecule has 1 heterocycles. The molecular formula is C15H25NOS. The van der Waals surface area contributed by atoms with Gasteiger partial charge in [0, 0.05) is 11.4 Å². The Balaban J connectivity index is 1.86. The normalized spacial score (nSPS) is 26.2. The average Bonchev–Trinajstić information content (AvgIpc) is 2.77. The molecule has 0 radical (unpaired) electrons. The SMILES string of the molecule is Cc1ccsc1C(CN)OCC1CCCC(C)C1. The van der Waals surface area contributed by atoms with Crippen molar-refractivity contribution < 1.29 is 4.74 Å². The number of hydrogen-bond acceptors (Lipinski definition) is 3. The lowest BCUT2D eigenvalue weighted by Gasteiger charge is -2.28. The molecule has 0 spiro atoms. The van der Waals surface area contributed by atoms with E-state index in [-0.39, 0.29) is 6.10 Å². The molecule has 0 saturated heterocycles. The second-order valence-corrected chi connectivity index (χ2v) is 6.61. The number of thiophene rings is 1. The van der Waals surface area contributed by atoms with Crippen molar-refractivity contribution in [2.24, 2.45) is 17.6 Å². The Morgan fingerprint density at radius 1 is 1.50 bits per heavy atom. The van der Waals surface area contributed by atoms with E-state index < -0.39 is 0 Å². The largest absolute Gasteiger partial charge is 0.371 e. The molecule has 0 bridgehead atoms. The molecule has 18 heavy (non-hydrogen) atoms. The Hall–Kier alpha value is -0.380. The van der Waals surface area contributed by atoms with Gasteiger partial charge in [0.15, 0.2) is 0 Å². The van der Waals surface area contributed by atoms with E-state index in [1.807, 2.05) is 0 Å². The minimum Gasteiger partial charge on any atom is -0.371 e. The quantitative estimate of drug-likeness (QED) is 0.878. The van der Waals surface area contributed by atoms with Crippen molar-refractivity contribution in [3.63, 3.8) is 0 Å². The van der Waals surface area contributed by atoms with Crippen LogP contribution in [0.15, 0.2) is 11.4 Å². The van der Waals surface area contributed by atoms with Gasteiger partial charge in [-0.05, 0) is 48.6 Å². The monoisotopic (exact) mass is 267 g/mol. The molecule has 1 aliphatic rings. The predicted molar refractivity (Wildman–Crippen MR) is 77.9 cm³/mol. The second-order valence-electron chi connectivity index (χ2n) is 5.66. The van der Waals surface area contributed by atoms with Crippen LogP contribution in [0.4, 0.5) is 0 Å². The molecule has 3 atom stereocenters. The fourth-order valence-electron chi connectivity index (χ4n) is 2.93. The highest BCUT2D eigenvalue weighted by atomic mass is 32.1. The van der Waals surface area contributed by atoms with E-state index in [0.717, 1.165) is 18.4 Å². The van der Waals surface area contributed by atoms with Gasteiger partial charge in [0.1, 0.15) is 6.10 Å². The van der Waals surface area contributed by atoms with Crippen LogP contribution in [-0.2, 0) is 4.74 Å². The van der Waals surface area contributed by atoms with Gasteiger partial charge < -0.3 is 10.5 Å². The molecule has 0 aromatic carbocycles. The molecule has 1 aromatic heterocycles. The third-order valence-electron chi connectivity index (χ3n) is 3.99. The molecule has 2 nitrogen and oxygen atoms in total. The van der Waals surface area contributed by atoms with Crippen molar-refractivity contribution in [2.45, 2.75) is 45.6 Å². The van der Waals surface area contributed by atoms with Gasteiger partial charge in [0.05, 0.1) is 6.61 Å². The number of nitrogens with two attached hydrogens (primary N) is 1. The van der Waals surface area contributed by atoms with Crippen molar-refractivity contribution in [1.29, 1.82) is 0 Å². The maximum Gasteiger partial charge on any atom is 0.104 e. The first-order chi connectivity index (χ1) is 8.70. The van der Waals surface area contributed by atoms with E-state index in [2.05, 4.69) is 25.3 Å². The first-order valence-corrected chi connectivity index (χ1v) is 7.94. The van der Waals surface area contributed by atoms with Crippen LogP contribution in [0.2, 0.25) is 0 Å². The highest BCUT2D eigenvalue weighted by molar-refractivity contribution is 7.10. The van der Waals surface area contributed by atoms with Crippen LogP contribution in [0.1, 0.15) is 49.2 Å². The highest BCUT2D eigenvalue weighted by Gasteiger charge is 2.21. The van der Waals surface area contributed by atoms with Crippen LogP contribution in [0, 0.1) is 18.8 Å². The lowest BCUT2D eigenvalue weighted by Crippen LogP contribution is -2.22. The van der Waals surface area contributed by atoms with E-state index >= 15 is 0 Å². The Morgan fingerprint density at radius 2 is 2.33 bits per heavy atom. The van der Waals surface area contributed by atoms with Crippen molar-refractivity contribution in [1.82, 2.24) is 0 Å². The second kappa shape index (κ2) is 6.69. The molecule has 102 valence electrons. The third kappa shape index (κ3) is 3.56. The maximum atomic E-state index is 6.09. The Labute approximate surface area is 115 Å². The molecule has 1 fully saturated rings. The standard InChI is InChI=1S/C15H25NOS/c1-11-4-3-5-13(8-11)10-17-14(9-16)15-12(2)6-7-18-15/h6-7,11,13-14H,3-5,8-10,16H2,1-2H3. The van der Waals surface area contributed by atoms with E-state index in [0.29, 0.717) is 6.54 Å². The minimum absolute atomic E-state index is 0.0993. The molecule has 0 aliphatic heterocycles. The van der Waals surface area contributed by atoms with E-state index in [9.17, 15) is 0 Å². The fraction of sp³-hybridized carbons (Fsp3) is 0.733. The molecule has 2 rings (SSSR count). The maximum absolute atomic E-state index is 6.09. The zero-order chi connectivity index (χ0) is 13.0. The number of hydrogen-bond donors (Lipinski definition) is 1. The Bertz CT molecular complexity index is 363. The van der Waals surface area contributed by atoms with Gasteiger partial charge in [-0.25, -0.2) is 0 Å². The molecular weight excluding hydrogens is 242 g/mol. The first-order valence-electron chi connectivity index (χ1n) is 7.06. The zero-order valence-corrected chi connectivity index (χ0v) is 12.3. The van der Waals surface area contributed by atoms with E-state index in [1.54, 1.807) is 11.3 Å². The van der Waals surface area contributed by atoms with Gasteiger partial charge in [-0.3, -0.25) is 0 Å². The van der Waals surface area contributed by atoms with Gasteiger partial charge in [-0.2, -0.15) is 0 Å². The predicted octanol–water partition coefficient (Wildman–Crippen LogP) is 3.90. The van der Waals surface area contributed by atoms with E-state index in [4.69, 9.17) is 10.5 Å². The van der Waals surface area contributed by atoms with Crippen molar-refractivity contribution in [3.8, 4) is 0 Å². The van der Waals surface area contributed by atoms with Crippen molar-refractivity contribution in [3.05, 3.63) is 21.9 Å². The smallest absolute Gasteiger partial charge is 0.104 e. The van der Waals surface area contributed by atoms with Gasteiger partial charge in [-0.1, -0.05) is 19.8 Å². The summed E-state index contributed by atoms with van der Waals surface area (Å²) in [6, 6.07) is 2.15. The van der Waals surface area contributed by atoms with Crippen LogP contribution in [0.5, 0.6) is 0 Å². The number of aryl methyl sites for hydroxylation is 1. The number of rotatable bonds is 5. The Kier molecular flexibility index (Phi) is 5.22. The van der Waals surface area contributed by atoms with Gasteiger partial charge in [0.2, 0.25) is 0 Å². The minimum atomic E-state index is 0.0993. The van der Waals surface area contributed by atoms with Crippen LogP contribution >= 0.6 is 11.3 Å². The molecule has 3 unspecified atom stereocenters. The summed E-state index contributed by atoms with van der Waals surface area (Å²) in [7, 11) is 0. The lowest BCUT2D eigenvalue weighted by atomic mass is 9.83. The van der Waals surface area contributed by atoms with Crippen LogP contribution in [0.25, 0.3) is 0 Å². The summed E-state index contributed by atoms with van der Waals surface area (Å²) >= 11 is 1.76. The highest BCUT2D eigenvalue weighted by Crippen LogP contribution is 2.31. The van der Waals surface area contributed by atoms with Gasteiger partial charge >= 0.3 is 0 Å². The topological polar surface area (TPSA) is 35.2 Å². The third-order valence-corrected chi connectivity index (χ3v) is 5.10. The van der Waals surface area contributed by atoms with Crippen molar-refractivity contribution in [2.75, 3.05) is 13.2 Å². The molecule has 2 N–H and O–H groups in total. The van der Waals surface area contributed by atoms with Crippen LogP contribution in [-0.4, -0.2) is 13.2 Å². The summed E-state index contributed by atoms with van der Waals surface area (Å²) < 4.78 is 6.09. The molecule has 3 heteroatoms. The zero-order valence-electron chi connectivity index (χ0n) is 11.5. The van der Waals surface area contributed by atoms with Crippen molar-refractivity contribution >= 4 is 11.3 Å². The lowest BCUT2D eigenvalue weighted by molar-refractivity contribution is 0.0211. The molecule has 1 aliphatic carbocycles. The average molecular weight is 267 g/mol. The first kappa shape index (κ1) is 14.0. The summed E-state index contributed by atoms with van der Waals surface area (Å²) in [5, 5.41) is 2.12. The number of ether oxygens (including phenoxy) is 1. The Morgan fingerprint density at radius 3 is 2.94 bits per heavy atom. The molecule has 0 amide bonds. The summed E-state index contributed by atoms with van der Waals surface area (Å²) in [6.07, 6.45) is 5.50. The molecule has 1 aromatic rings. The van der Waals surface area contributed by atoms with Crippen LogP contribution < -0.4 is 5.73 Å². The summed E-state index contributed by atoms with van der Waals surface area (Å²) in [4.78, 5) is 1.31. The summed E-state index contributed by atoms with van der Waals surface area (Å²) in [6.45, 7) is 5.96. The molecule has 1 saturated carbocycles. The fourth-order valence-corrected chi connectivity index (χ4v) is 3.92. The van der Waals surface area contributed by atoms with E-state index in [1.165, 1.54) is 36.1 Å². The van der Waals surface area contributed by atoms with Gasteiger partial charge in [-0.15, -0.1) is 11.3 Å². The summed E-state index contributed by atoms with van der Waals surface area (Å²) in [5.74, 6) is 1.61. The van der Waals surface area contributed by atoms with Gasteiger partial charge in [0.25, 0.3) is 0 Å². The van der Waals surface area contributed by atoms with Crippen LogP contribution in [0.3, 0.4) is 0 Å². The summed E-state index contributed by atoms with van der Waals surface area (Å²) in [5.41, 5.74) is 7.17.